The molecule has 0 saturated carbocycles. The van der Waals surface area contributed by atoms with Gasteiger partial charge in [0.2, 0.25) is 0 Å². The lowest BCUT2D eigenvalue weighted by Gasteiger charge is -2.14. The summed E-state index contributed by atoms with van der Waals surface area (Å²) in [5.41, 5.74) is 7.27. The number of para-hydroxylation sites is 4. The van der Waals surface area contributed by atoms with Crippen molar-refractivity contribution in [2.45, 2.75) is 6.92 Å². The van der Waals surface area contributed by atoms with Crippen molar-refractivity contribution in [1.29, 1.82) is 0 Å². The average Bonchev–Trinajstić information content (AvgIpc) is 3.31. The minimum atomic E-state index is 1.18. The summed E-state index contributed by atoms with van der Waals surface area (Å²) in [6.07, 6.45) is 0. The van der Waals surface area contributed by atoms with E-state index < -0.39 is 0 Å². The number of fused-ring (bicyclic) bond motifs is 6. The zero-order chi connectivity index (χ0) is 18.7. The fraction of sp³-hybridized carbons (Fsp3) is 0.0385. The molecular formula is C26H19N2. The number of rotatable bonds is 2. The lowest BCUT2D eigenvalue weighted by Crippen LogP contribution is -1.99. The maximum Gasteiger partial charge on any atom is 0.0506 e. The monoisotopic (exact) mass is 359 g/mol. The van der Waals surface area contributed by atoms with Gasteiger partial charge in [-0.3, -0.25) is 0 Å². The largest absolute Gasteiger partial charge is 0.354 e. The van der Waals surface area contributed by atoms with E-state index in [2.05, 4.69) is 102 Å². The molecule has 0 aliphatic heterocycles. The van der Waals surface area contributed by atoms with Gasteiger partial charge in [0, 0.05) is 38.5 Å². The molecule has 0 unspecified atom stereocenters. The molecule has 6 aromatic rings. The highest BCUT2D eigenvalue weighted by molar-refractivity contribution is 6.11. The molecule has 0 aliphatic rings. The van der Waals surface area contributed by atoms with E-state index in [1.165, 1.54) is 60.7 Å². The second-order valence-corrected chi connectivity index (χ2v) is 7.42. The number of aromatic nitrogens is 2. The quantitative estimate of drug-likeness (QED) is 0.335. The topological polar surface area (TPSA) is 31.6 Å². The van der Waals surface area contributed by atoms with Crippen LogP contribution >= 0.6 is 0 Å². The Morgan fingerprint density at radius 2 is 0.929 bits per heavy atom. The first-order valence-electron chi connectivity index (χ1n) is 9.64. The molecule has 133 valence electrons. The van der Waals surface area contributed by atoms with Crippen molar-refractivity contribution in [1.82, 2.24) is 9.97 Å². The van der Waals surface area contributed by atoms with Crippen LogP contribution in [0.2, 0.25) is 0 Å². The summed E-state index contributed by atoms with van der Waals surface area (Å²) < 4.78 is 0. The van der Waals surface area contributed by atoms with Gasteiger partial charge in [-0.15, -0.1) is 0 Å². The van der Waals surface area contributed by atoms with Crippen LogP contribution in [0.5, 0.6) is 0 Å². The van der Waals surface area contributed by atoms with Crippen LogP contribution in [-0.2, 0) is 0 Å². The zero-order valence-electron chi connectivity index (χ0n) is 15.6. The first-order chi connectivity index (χ1) is 13.8. The fourth-order valence-corrected chi connectivity index (χ4v) is 4.52. The summed E-state index contributed by atoms with van der Waals surface area (Å²) in [5.74, 6) is 1.27. The van der Waals surface area contributed by atoms with Crippen molar-refractivity contribution in [3.63, 3.8) is 0 Å². The van der Waals surface area contributed by atoms with E-state index >= 15 is 0 Å². The third-order valence-electron chi connectivity index (χ3n) is 5.89. The molecule has 2 N–H and O–H groups in total. The van der Waals surface area contributed by atoms with E-state index in [0.29, 0.717) is 0 Å². The van der Waals surface area contributed by atoms with E-state index in [1.807, 2.05) is 0 Å². The van der Waals surface area contributed by atoms with Crippen LogP contribution in [0.25, 0.3) is 43.6 Å². The number of benzene rings is 4. The van der Waals surface area contributed by atoms with Crippen LogP contribution in [0.15, 0.2) is 84.9 Å². The van der Waals surface area contributed by atoms with Gasteiger partial charge >= 0.3 is 0 Å². The van der Waals surface area contributed by atoms with Gasteiger partial charge in [0.25, 0.3) is 0 Å². The highest BCUT2D eigenvalue weighted by atomic mass is 14.7. The first-order valence-corrected chi connectivity index (χ1v) is 9.64. The highest BCUT2D eigenvalue weighted by Crippen LogP contribution is 2.37. The number of H-pyrrole nitrogens is 2. The van der Waals surface area contributed by atoms with Crippen LogP contribution in [0.1, 0.15) is 18.1 Å². The molecule has 4 aromatic carbocycles. The summed E-state index contributed by atoms with van der Waals surface area (Å²) in [7, 11) is 0. The van der Waals surface area contributed by atoms with E-state index in [-0.39, 0.29) is 0 Å². The lowest BCUT2D eigenvalue weighted by atomic mass is 9.90. The van der Waals surface area contributed by atoms with Crippen LogP contribution < -0.4 is 0 Å². The van der Waals surface area contributed by atoms with Crippen molar-refractivity contribution < 1.29 is 0 Å². The second kappa shape index (κ2) is 5.74. The molecule has 6 rings (SSSR count). The predicted octanol–water partition coefficient (Wildman–Crippen LogP) is 6.95. The Labute approximate surface area is 162 Å². The molecular weight excluding hydrogens is 340 g/mol. The molecule has 0 atom stereocenters. The molecule has 0 bridgehead atoms. The first kappa shape index (κ1) is 15.5. The standard InChI is InChI=1S/C26H19N2/c1-16(17-10-6-12-21-19-8-2-4-14-23(19)27-25(17)21)18-11-7-13-22-20-9-3-5-15-24(20)28-26(18)22/h2-15,27-28H,1H3. The zero-order valence-corrected chi connectivity index (χ0v) is 15.6. The fourth-order valence-electron chi connectivity index (χ4n) is 4.52. The van der Waals surface area contributed by atoms with Crippen LogP contribution in [0.4, 0.5) is 0 Å². The maximum absolute atomic E-state index is 3.64. The number of hydrogen-bond donors (Lipinski definition) is 2. The van der Waals surface area contributed by atoms with Gasteiger partial charge in [-0.25, -0.2) is 0 Å². The minimum Gasteiger partial charge on any atom is -0.354 e. The van der Waals surface area contributed by atoms with Crippen molar-refractivity contribution in [3.8, 4) is 0 Å². The average molecular weight is 359 g/mol. The molecule has 1 radical (unpaired) electrons. The van der Waals surface area contributed by atoms with Crippen molar-refractivity contribution in [2.24, 2.45) is 0 Å². The molecule has 0 fully saturated rings. The summed E-state index contributed by atoms with van der Waals surface area (Å²) in [5, 5.41) is 5.10. The molecule has 2 aromatic heterocycles. The normalized spacial score (nSPS) is 12.1. The van der Waals surface area contributed by atoms with E-state index in [1.54, 1.807) is 0 Å². The van der Waals surface area contributed by atoms with E-state index in [0.717, 1.165) is 0 Å². The summed E-state index contributed by atoms with van der Waals surface area (Å²) >= 11 is 0. The number of nitrogens with one attached hydrogen (secondary N) is 2. The van der Waals surface area contributed by atoms with Gasteiger partial charge < -0.3 is 9.97 Å². The molecule has 2 nitrogen and oxygen atoms in total. The third kappa shape index (κ3) is 2.09. The molecule has 0 spiro atoms. The summed E-state index contributed by atoms with van der Waals surface area (Å²) in [6, 6.07) is 30.2. The van der Waals surface area contributed by atoms with E-state index in [9.17, 15) is 0 Å². The highest BCUT2D eigenvalue weighted by Gasteiger charge is 2.18. The molecule has 28 heavy (non-hydrogen) atoms. The van der Waals surface area contributed by atoms with Gasteiger partial charge in [-0.1, -0.05) is 79.7 Å². The molecule has 0 saturated heterocycles. The molecule has 2 heterocycles. The van der Waals surface area contributed by atoms with Crippen molar-refractivity contribution in [3.05, 3.63) is 102 Å². The summed E-state index contributed by atoms with van der Waals surface area (Å²) in [6.45, 7) is 2.22. The van der Waals surface area contributed by atoms with Gasteiger partial charge in [0.05, 0.1) is 11.0 Å². The molecule has 0 aliphatic carbocycles. The Bertz CT molecular complexity index is 1370. The Kier molecular flexibility index (Phi) is 3.18. The number of hydrogen-bond acceptors (Lipinski definition) is 0. The number of aromatic amines is 2. The van der Waals surface area contributed by atoms with Crippen molar-refractivity contribution in [2.75, 3.05) is 0 Å². The maximum atomic E-state index is 3.64. The smallest absolute Gasteiger partial charge is 0.0506 e. The third-order valence-corrected chi connectivity index (χ3v) is 5.89. The van der Waals surface area contributed by atoms with Crippen molar-refractivity contribution >= 4 is 43.6 Å². The molecule has 0 amide bonds. The van der Waals surface area contributed by atoms with Crippen LogP contribution in [0, 0.1) is 5.92 Å². The van der Waals surface area contributed by atoms with Gasteiger partial charge in [0.15, 0.2) is 0 Å². The Balaban J connectivity index is 1.62. The molecule has 2 heteroatoms. The predicted molar refractivity (Wildman–Crippen MR) is 119 cm³/mol. The van der Waals surface area contributed by atoms with Gasteiger partial charge in [-0.2, -0.15) is 0 Å². The minimum absolute atomic E-state index is 1.18. The Morgan fingerprint density at radius 3 is 1.43 bits per heavy atom. The lowest BCUT2D eigenvalue weighted by molar-refractivity contribution is 1.21. The van der Waals surface area contributed by atoms with Crippen LogP contribution in [-0.4, -0.2) is 9.97 Å². The second-order valence-electron chi connectivity index (χ2n) is 7.42. The summed E-state index contributed by atoms with van der Waals surface area (Å²) in [4.78, 5) is 7.28. The van der Waals surface area contributed by atoms with Gasteiger partial charge in [-0.05, 0) is 23.3 Å². The Morgan fingerprint density at radius 1 is 0.500 bits per heavy atom. The Hall–Kier alpha value is -3.52. The van der Waals surface area contributed by atoms with Crippen LogP contribution in [0.3, 0.4) is 0 Å². The van der Waals surface area contributed by atoms with E-state index in [4.69, 9.17) is 0 Å². The SMILES string of the molecule is C[C](c1cccc2c1[nH]c1ccccc12)c1cccc2c1[nH]c1ccccc12. The van der Waals surface area contributed by atoms with Gasteiger partial charge in [0.1, 0.15) is 0 Å².